The summed E-state index contributed by atoms with van der Waals surface area (Å²) in [4.78, 5) is 27.0. The Bertz CT molecular complexity index is 1080. The van der Waals surface area contributed by atoms with Crippen LogP contribution >= 0.6 is 11.3 Å². The Morgan fingerprint density at radius 1 is 1.26 bits per heavy atom. The third-order valence-electron chi connectivity index (χ3n) is 4.78. The van der Waals surface area contributed by atoms with Gasteiger partial charge in [0, 0.05) is 29.5 Å². The Kier molecular flexibility index (Phi) is 7.36. The van der Waals surface area contributed by atoms with Crippen molar-refractivity contribution in [1.82, 2.24) is 4.98 Å². The van der Waals surface area contributed by atoms with Crippen molar-refractivity contribution >= 4 is 28.1 Å². The van der Waals surface area contributed by atoms with Crippen molar-refractivity contribution in [2.75, 3.05) is 11.9 Å². The topological polar surface area (TPSA) is 94.4 Å². The van der Waals surface area contributed by atoms with Crippen LogP contribution in [0.3, 0.4) is 0 Å². The van der Waals surface area contributed by atoms with Gasteiger partial charge in [-0.2, -0.15) is 0 Å². The van der Waals surface area contributed by atoms with Gasteiger partial charge in [-0.25, -0.2) is 4.98 Å². The largest absolute Gasteiger partial charge is 0.494 e. The van der Waals surface area contributed by atoms with E-state index in [-0.39, 0.29) is 11.6 Å². The average Bonchev–Trinajstić information content (AvgIpc) is 3.19. The molecule has 1 amide bonds. The zero-order valence-electron chi connectivity index (χ0n) is 17.8. The molecule has 3 aromatic rings. The van der Waals surface area contributed by atoms with E-state index < -0.39 is 4.92 Å². The molecule has 1 aromatic heterocycles. The monoisotopic (exact) mass is 439 g/mol. The van der Waals surface area contributed by atoms with Crippen LogP contribution in [0.2, 0.25) is 0 Å². The Hall–Kier alpha value is -3.26. The van der Waals surface area contributed by atoms with E-state index in [0.29, 0.717) is 41.8 Å². The molecule has 3 rings (SSSR count). The summed E-state index contributed by atoms with van der Waals surface area (Å²) in [6.45, 7) is 6.85. The number of anilines is 1. The van der Waals surface area contributed by atoms with Crippen LogP contribution in [-0.2, 0) is 4.79 Å². The molecule has 162 valence electrons. The molecule has 0 atom stereocenters. The maximum atomic E-state index is 12.2. The number of carbonyl (C=O) groups is 1. The van der Waals surface area contributed by atoms with E-state index in [1.807, 2.05) is 12.1 Å². The predicted octanol–water partition coefficient (Wildman–Crippen LogP) is 5.95. The van der Waals surface area contributed by atoms with E-state index in [1.54, 1.807) is 17.5 Å². The number of aromatic nitrogens is 1. The number of hydrogen-bond acceptors (Lipinski definition) is 6. The van der Waals surface area contributed by atoms with Gasteiger partial charge >= 0.3 is 0 Å². The van der Waals surface area contributed by atoms with Gasteiger partial charge < -0.3 is 10.1 Å². The summed E-state index contributed by atoms with van der Waals surface area (Å²) in [5.74, 6) is 1.14. The summed E-state index contributed by atoms with van der Waals surface area (Å²) in [6, 6.07) is 12.3. The highest BCUT2D eigenvalue weighted by atomic mass is 32.1. The molecule has 31 heavy (non-hydrogen) atoms. The number of nitro benzene ring substituents is 1. The van der Waals surface area contributed by atoms with Crippen molar-refractivity contribution in [3.8, 4) is 17.0 Å². The number of hydrogen-bond donors (Lipinski definition) is 1. The first-order chi connectivity index (χ1) is 14.8. The number of benzene rings is 2. The number of nitrogens with zero attached hydrogens (tertiary/aromatic N) is 2. The Morgan fingerprint density at radius 3 is 2.77 bits per heavy atom. The number of nitro groups is 1. The molecule has 0 radical (unpaired) electrons. The van der Waals surface area contributed by atoms with Crippen LogP contribution in [0.15, 0.2) is 47.8 Å². The fraction of sp³-hybridized carbons (Fsp3) is 0.304. The normalized spacial score (nSPS) is 10.8. The highest BCUT2D eigenvalue weighted by molar-refractivity contribution is 7.14. The molecule has 7 nitrogen and oxygen atoms in total. The quantitative estimate of drug-likeness (QED) is 0.253. The first kappa shape index (κ1) is 22.4. The second-order valence-corrected chi connectivity index (χ2v) is 8.38. The van der Waals surface area contributed by atoms with Crippen LogP contribution in [0.25, 0.3) is 11.3 Å². The smallest absolute Gasteiger partial charge is 0.270 e. The second-order valence-electron chi connectivity index (χ2n) is 7.52. The number of rotatable bonds is 9. The summed E-state index contributed by atoms with van der Waals surface area (Å²) >= 11 is 1.28. The standard InChI is InChI=1S/C23H25N3O4S/c1-15(2)20-10-9-19(12-16(20)3)30-11-5-8-22(27)25-23-24-21(14-31-23)17-6-4-7-18(13-17)26(28)29/h4,6-7,9-10,12-15H,5,8,11H2,1-3H3,(H,24,25,27). The number of aryl methyl sites for hydroxylation is 1. The summed E-state index contributed by atoms with van der Waals surface area (Å²) in [5, 5.41) is 15.9. The highest BCUT2D eigenvalue weighted by Gasteiger charge is 2.12. The van der Waals surface area contributed by atoms with E-state index >= 15 is 0 Å². The van der Waals surface area contributed by atoms with Crippen molar-refractivity contribution in [2.45, 2.75) is 39.5 Å². The van der Waals surface area contributed by atoms with Gasteiger partial charge in [0.1, 0.15) is 5.75 Å². The lowest BCUT2D eigenvalue weighted by Gasteiger charge is -2.12. The molecular formula is C23H25N3O4S. The number of non-ortho nitro benzene ring substituents is 1. The number of thiazole rings is 1. The second kappa shape index (κ2) is 10.2. The minimum absolute atomic E-state index is 0.00475. The lowest BCUT2D eigenvalue weighted by molar-refractivity contribution is -0.384. The van der Waals surface area contributed by atoms with Crippen LogP contribution in [0.1, 0.15) is 43.7 Å². The molecule has 1 N–H and O–H groups in total. The number of ether oxygens (including phenoxy) is 1. The van der Waals surface area contributed by atoms with Crippen LogP contribution in [0.5, 0.6) is 5.75 Å². The molecule has 8 heteroatoms. The van der Waals surface area contributed by atoms with Gasteiger partial charge in [-0.3, -0.25) is 14.9 Å². The van der Waals surface area contributed by atoms with E-state index in [4.69, 9.17) is 4.74 Å². The van der Waals surface area contributed by atoms with Crippen molar-refractivity contribution < 1.29 is 14.5 Å². The zero-order chi connectivity index (χ0) is 22.4. The molecule has 0 saturated carbocycles. The first-order valence-corrected chi connectivity index (χ1v) is 10.9. The van der Waals surface area contributed by atoms with Gasteiger partial charge in [0.25, 0.3) is 5.69 Å². The van der Waals surface area contributed by atoms with E-state index in [2.05, 4.69) is 37.1 Å². The zero-order valence-corrected chi connectivity index (χ0v) is 18.6. The van der Waals surface area contributed by atoms with E-state index in [1.165, 1.54) is 34.6 Å². The molecule has 2 aromatic carbocycles. The molecule has 0 spiro atoms. The fourth-order valence-corrected chi connectivity index (χ4v) is 3.97. The highest BCUT2D eigenvalue weighted by Crippen LogP contribution is 2.27. The Labute approximate surface area is 185 Å². The van der Waals surface area contributed by atoms with Crippen LogP contribution in [0, 0.1) is 17.0 Å². The van der Waals surface area contributed by atoms with E-state index in [9.17, 15) is 14.9 Å². The maximum Gasteiger partial charge on any atom is 0.270 e. The number of nitrogens with one attached hydrogen (secondary N) is 1. The minimum atomic E-state index is -0.444. The average molecular weight is 440 g/mol. The molecule has 1 heterocycles. The Balaban J connectivity index is 1.47. The summed E-state index contributed by atoms with van der Waals surface area (Å²) < 4.78 is 5.77. The van der Waals surface area contributed by atoms with E-state index in [0.717, 1.165) is 5.75 Å². The van der Waals surface area contributed by atoms with Gasteiger partial charge in [0.05, 0.1) is 17.2 Å². The summed E-state index contributed by atoms with van der Waals surface area (Å²) in [6.07, 6.45) is 0.898. The predicted molar refractivity (Wildman–Crippen MR) is 123 cm³/mol. The van der Waals surface area contributed by atoms with Crippen LogP contribution < -0.4 is 10.1 Å². The summed E-state index contributed by atoms with van der Waals surface area (Å²) in [5.41, 5.74) is 3.74. The van der Waals surface area contributed by atoms with Crippen molar-refractivity contribution in [3.63, 3.8) is 0 Å². The van der Waals surface area contributed by atoms with Gasteiger partial charge in [-0.05, 0) is 42.5 Å². The number of carbonyl (C=O) groups excluding carboxylic acids is 1. The third-order valence-corrected chi connectivity index (χ3v) is 5.54. The van der Waals surface area contributed by atoms with Gasteiger partial charge in [0.2, 0.25) is 5.91 Å². The number of amides is 1. The van der Waals surface area contributed by atoms with Crippen molar-refractivity contribution in [2.24, 2.45) is 0 Å². The molecular weight excluding hydrogens is 414 g/mol. The van der Waals surface area contributed by atoms with Gasteiger partial charge in [-0.15, -0.1) is 11.3 Å². The third kappa shape index (κ3) is 6.11. The first-order valence-electron chi connectivity index (χ1n) is 10.1. The molecule has 0 aliphatic carbocycles. The van der Waals surface area contributed by atoms with Crippen molar-refractivity contribution in [3.05, 3.63) is 69.1 Å². The van der Waals surface area contributed by atoms with Crippen LogP contribution in [0.4, 0.5) is 10.8 Å². The minimum Gasteiger partial charge on any atom is -0.494 e. The molecule has 0 aliphatic rings. The van der Waals surface area contributed by atoms with Crippen LogP contribution in [-0.4, -0.2) is 22.4 Å². The Morgan fingerprint density at radius 2 is 2.06 bits per heavy atom. The molecule has 0 saturated heterocycles. The lowest BCUT2D eigenvalue weighted by Crippen LogP contribution is -2.12. The fourth-order valence-electron chi connectivity index (χ4n) is 3.23. The lowest BCUT2D eigenvalue weighted by atomic mass is 9.98. The molecule has 0 unspecified atom stereocenters. The SMILES string of the molecule is Cc1cc(OCCCC(=O)Nc2nc(-c3cccc([N+](=O)[O-])c3)cs2)ccc1C(C)C. The van der Waals surface area contributed by atoms with Gasteiger partial charge in [0.15, 0.2) is 5.13 Å². The van der Waals surface area contributed by atoms with Gasteiger partial charge in [-0.1, -0.05) is 32.0 Å². The maximum absolute atomic E-state index is 12.2. The van der Waals surface area contributed by atoms with Crippen molar-refractivity contribution in [1.29, 1.82) is 0 Å². The summed E-state index contributed by atoms with van der Waals surface area (Å²) in [7, 11) is 0. The molecule has 0 aliphatic heterocycles. The molecule has 0 bridgehead atoms. The molecule has 0 fully saturated rings.